The van der Waals surface area contributed by atoms with E-state index in [1.807, 2.05) is 11.0 Å². The molecule has 3 aliphatic rings. The van der Waals surface area contributed by atoms with Crippen molar-refractivity contribution in [3.8, 4) is 0 Å². The molecule has 1 aromatic heterocycles. The van der Waals surface area contributed by atoms with Gasteiger partial charge in [-0.1, -0.05) is 6.07 Å². The lowest BCUT2D eigenvalue weighted by Gasteiger charge is -2.48. The zero-order valence-corrected chi connectivity index (χ0v) is 15.1. The zero-order chi connectivity index (χ0) is 18.1. The van der Waals surface area contributed by atoms with E-state index in [0.29, 0.717) is 12.2 Å². The lowest BCUT2D eigenvalue weighted by Crippen LogP contribution is -2.63. The molecular formula is C20H27N3O3. The average Bonchev–Trinajstić information content (AvgIpc) is 3.09. The van der Waals surface area contributed by atoms with Crippen molar-refractivity contribution in [2.45, 2.75) is 69.1 Å². The summed E-state index contributed by atoms with van der Waals surface area (Å²) in [5.41, 5.74) is -0.275. The lowest BCUT2D eigenvalue weighted by molar-refractivity contribution is -0.149. The minimum Gasteiger partial charge on any atom is -0.393 e. The molecule has 6 heteroatoms. The maximum atomic E-state index is 13.5. The largest absolute Gasteiger partial charge is 0.393 e. The topological polar surface area (TPSA) is 73.7 Å². The third kappa shape index (κ3) is 2.90. The Morgan fingerprint density at radius 3 is 2.54 bits per heavy atom. The summed E-state index contributed by atoms with van der Waals surface area (Å²) < 4.78 is 0. The minimum atomic E-state index is -0.692. The van der Waals surface area contributed by atoms with Crippen molar-refractivity contribution in [3.05, 3.63) is 30.1 Å². The Balaban J connectivity index is 1.57. The van der Waals surface area contributed by atoms with Gasteiger partial charge in [0.15, 0.2) is 0 Å². The molecule has 1 atom stereocenters. The highest BCUT2D eigenvalue weighted by Gasteiger charge is 2.54. The predicted octanol–water partition coefficient (Wildman–Crippen LogP) is 1.98. The number of pyridine rings is 1. The number of carbonyl (C=O) groups excluding carboxylic acids is 2. The number of nitrogens with zero attached hydrogens (tertiary/aromatic N) is 3. The molecule has 1 unspecified atom stereocenters. The van der Waals surface area contributed by atoms with Crippen molar-refractivity contribution in [1.82, 2.24) is 14.8 Å². The number of aliphatic hydroxyl groups is 1. The summed E-state index contributed by atoms with van der Waals surface area (Å²) in [5, 5.41) is 9.77. The fraction of sp³-hybridized carbons (Fsp3) is 0.650. The van der Waals surface area contributed by atoms with E-state index in [1.54, 1.807) is 23.2 Å². The van der Waals surface area contributed by atoms with Gasteiger partial charge >= 0.3 is 0 Å². The van der Waals surface area contributed by atoms with Crippen LogP contribution in [0.3, 0.4) is 0 Å². The number of rotatable bonds is 2. The van der Waals surface area contributed by atoms with Crippen LogP contribution in [0.15, 0.2) is 24.4 Å². The summed E-state index contributed by atoms with van der Waals surface area (Å²) in [6, 6.07) is 5.53. The molecule has 0 bridgehead atoms. The summed E-state index contributed by atoms with van der Waals surface area (Å²) in [4.78, 5) is 34.6. The molecule has 2 aliphatic heterocycles. The number of aromatic nitrogens is 1. The zero-order valence-electron chi connectivity index (χ0n) is 15.1. The quantitative estimate of drug-likeness (QED) is 0.878. The number of hydrogen-bond acceptors (Lipinski definition) is 4. The van der Waals surface area contributed by atoms with E-state index < -0.39 is 5.54 Å². The third-order valence-electron chi connectivity index (χ3n) is 6.37. The van der Waals surface area contributed by atoms with E-state index in [9.17, 15) is 14.7 Å². The second-order valence-electron chi connectivity index (χ2n) is 7.87. The van der Waals surface area contributed by atoms with Crippen LogP contribution in [0, 0.1) is 0 Å². The van der Waals surface area contributed by atoms with Crippen LogP contribution < -0.4 is 0 Å². The minimum absolute atomic E-state index is 0.118. The van der Waals surface area contributed by atoms with Crippen molar-refractivity contribution in [2.24, 2.45) is 0 Å². The smallest absolute Gasteiger partial charge is 0.273 e. The van der Waals surface area contributed by atoms with Gasteiger partial charge in [0.25, 0.3) is 5.91 Å². The van der Waals surface area contributed by atoms with Gasteiger partial charge in [0.1, 0.15) is 11.2 Å². The first-order chi connectivity index (χ1) is 12.6. The van der Waals surface area contributed by atoms with E-state index in [1.165, 1.54) is 0 Å². The molecule has 26 heavy (non-hydrogen) atoms. The summed E-state index contributed by atoms with van der Waals surface area (Å²) in [6.45, 7) is 1.39. The molecule has 1 aliphatic carbocycles. The van der Waals surface area contributed by atoms with E-state index in [4.69, 9.17) is 0 Å². The summed E-state index contributed by atoms with van der Waals surface area (Å²) >= 11 is 0. The molecule has 1 aromatic rings. The van der Waals surface area contributed by atoms with E-state index in [2.05, 4.69) is 4.98 Å². The first kappa shape index (κ1) is 17.5. The molecule has 0 radical (unpaired) electrons. The van der Waals surface area contributed by atoms with Crippen LogP contribution in [-0.4, -0.2) is 62.5 Å². The Morgan fingerprint density at radius 2 is 1.85 bits per heavy atom. The van der Waals surface area contributed by atoms with Crippen LogP contribution in [0.4, 0.5) is 0 Å². The first-order valence-electron chi connectivity index (χ1n) is 9.84. The van der Waals surface area contributed by atoms with Gasteiger partial charge in [-0.2, -0.15) is 0 Å². The van der Waals surface area contributed by atoms with E-state index >= 15 is 0 Å². The maximum absolute atomic E-state index is 13.5. The van der Waals surface area contributed by atoms with Gasteiger partial charge in [-0.15, -0.1) is 0 Å². The second-order valence-corrected chi connectivity index (χ2v) is 7.87. The summed E-state index contributed by atoms with van der Waals surface area (Å²) in [7, 11) is 0. The summed E-state index contributed by atoms with van der Waals surface area (Å²) in [6.07, 6.45) is 7.92. The molecular weight excluding hydrogens is 330 g/mol. The van der Waals surface area contributed by atoms with Crippen molar-refractivity contribution in [1.29, 1.82) is 0 Å². The molecule has 1 saturated carbocycles. The number of piperidine rings is 1. The highest BCUT2D eigenvalue weighted by Crippen LogP contribution is 2.40. The SMILES string of the molecule is O=C(c1ccccn1)N1CCCC12CCCN(C1CCC(O)CC1)C2=O. The van der Waals surface area contributed by atoms with Gasteiger partial charge in [-0.25, -0.2) is 0 Å². The van der Waals surface area contributed by atoms with Gasteiger partial charge in [0.2, 0.25) is 5.91 Å². The van der Waals surface area contributed by atoms with Gasteiger partial charge in [0.05, 0.1) is 6.10 Å². The van der Waals surface area contributed by atoms with Crippen molar-refractivity contribution >= 4 is 11.8 Å². The second kappa shape index (κ2) is 6.99. The van der Waals surface area contributed by atoms with Crippen LogP contribution in [0.5, 0.6) is 0 Å². The maximum Gasteiger partial charge on any atom is 0.273 e. The molecule has 3 heterocycles. The number of aliphatic hydroxyl groups excluding tert-OH is 1. The van der Waals surface area contributed by atoms with E-state index in [-0.39, 0.29) is 24.0 Å². The van der Waals surface area contributed by atoms with Crippen LogP contribution in [0.2, 0.25) is 0 Å². The molecule has 6 nitrogen and oxygen atoms in total. The van der Waals surface area contributed by atoms with Gasteiger partial charge in [0, 0.05) is 25.3 Å². The molecule has 4 rings (SSSR count). The fourth-order valence-electron chi connectivity index (χ4n) is 5.02. The number of likely N-dealkylation sites (tertiary alicyclic amines) is 2. The molecule has 2 amide bonds. The van der Waals surface area contributed by atoms with Crippen molar-refractivity contribution in [3.63, 3.8) is 0 Å². The molecule has 140 valence electrons. The Hall–Kier alpha value is -1.95. The Bertz CT molecular complexity index is 672. The van der Waals surface area contributed by atoms with Gasteiger partial charge < -0.3 is 14.9 Å². The van der Waals surface area contributed by atoms with Crippen LogP contribution in [0.25, 0.3) is 0 Å². The van der Waals surface area contributed by atoms with Crippen molar-refractivity contribution in [2.75, 3.05) is 13.1 Å². The van der Waals surface area contributed by atoms with Crippen LogP contribution in [0.1, 0.15) is 61.9 Å². The Kier molecular flexibility index (Phi) is 4.69. The number of hydrogen-bond donors (Lipinski definition) is 1. The molecule has 3 fully saturated rings. The molecule has 1 spiro atoms. The number of carbonyl (C=O) groups is 2. The Morgan fingerprint density at radius 1 is 1.12 bits per heavy atom. The fourth-order valence-corrected chi connectivity index (χ4v) is 5.02. The molecule has 2 saturated heterocycles. The highest BCUT2D eigenvalue weighted by atomic mass is 16.3. The molecule has 0 aromatic carbocycles. The van der Waals surface area contributed by atoms with Gasteiger partial charge in [-0.05, 0) is 63.5 Å². The van der Waals surface area contributed by atoms with Crippen molar-refractivity contribution < 1.29 is 14.7 Å². The lowest BCUT2D eigenvalue weighted by atomic mass is 9.82. The molecule has 1 N–H and O–H groups in total. The third-order valence-corrected chi connectivity index (χ3v) is 6.37. The highest BCUT2D eigenvalue weighted by molar-refractivity contribution is 5.99. The van der Waals surface area contributed by atoms with Crippen LogP contribution >= 0.6 is 0 Å². The van der Waals surface area contributed by atoms with Gasteiger partial charge in [-0.3, -0.25) is 14.6 Å². The number of amides is 2. The predicted molar refractivity (Wildman–Crippen MR) is 96.4 cm³/mol. The summed E-state index contributed by atoms with van der Waals surface area (Å²) in [5.74, 6) is -0.00992. The Labute approximate surface area is 154 Å². The first-order valence-corrected chi connectivity index (χ1v) is 9.84. The monoisotopic (exact) mass is 357 g/mol. The average molecular weight is 357 g/mol. The van der Waals surface area contributed by atoms with Crippen LogP contribution in [-0.2, 0) is 4.79 Å². The van der Waals surface area contributed by atoms with E-state index in [0.717, 1.165) is 57.9 Å². The standard InChI is InChI=1S/C20H27N3O3/c24-16-8-6-15(7-9-16)22-13-3-10-20(19(22)26)11-4-14-23(20)18(25)17-5-1-2-12-21-17/h1-2,5,12,15-16,24H,3-4,6-11,13-14H2. The normalized spacial score (nSPS) is 32.3.